The molecule has 6 nitrogen and oxygen atoms in total. The van der Waals surface area contributed by atoms with Gasteiger partial charge in [-0.1, -0.05) is 32.3 Å². The normalized spacial score (nSPS) is 15.6. The number of esters is 1. The first-order chi connectivity index (χ1) is 14.5. The average molecular weight is 414 g/mol. The van der Waals surface area contributed by atoms with E-state index in [1.165, 1.54) is 0 Å². The minimum absolute atomic E-state index is 0.0146. The number of hydrogen-bond acceptors (Lipinski definition) is 5. The molecule has 0 fully saturated rings. The van der Waals surface area contributed by atoms with Crippen LogP contribution in [0.3, 0.4) is 0 Å². The number of H-pyrrole nitrogens is 1. The number of aromatic amines is 1. The molecule has 0 saturated heterocycles. The van der Waals surface area contributed by atoms with Gasteiger partial charge in [0.15, 0.2) is 17.3 Å². The highest BCUT2D eigenvalue weighted by Gasteiger charge is 2.32. The summed E-state index contributed by atoms with van der Waals surface area (Å²) in [5.74, 6) is 0.980. The van der Waals surface area contributed by atoms with Crippen molar-refractivity contribution < 1.29 is 23.8 Å². The van der Waals surface area contributed by atoms with Crippen LogP contribution in [0, 0.1) is 6.92 Å². The van der Waals surface area contributed by atoms with E-state index in [-0.39, 0.29) is 17.7 Å². The molecule has 0 radical (unpaired) electrons. The molecule has 0 saturated carbocycles. The summed E-state index contributed by atoms with van der Waals surface area (Å²) < 4.78 is 16.1. The number of nitrogens with one attached hydrogen (secondary N) is 1. The van der Waals surface area contributed by atoms with Gasteiger partial charge in [-0.15, -0.1) is 0 Å². The molecule has 0 bridgehead atoms. The largest absolute Gasteiger partial charge is 0.493 e. The Hall–Kier alpha value is -2.76. The Labute approximate surface area is 177 Å². The number of ketones is 1. The Morgan fingerprint density at radius 3 is 2.57 bits per heavy atom. The van der Waals surface area contributed by atoms with E-state index < -0.39 is 0 Å². The third-order valence-corrected chi connectivity index (χ3v) is 5.80. The summed E-state index contributed by atoms with van der Waals surface area (Å²) >= 11 is 0. The average Bonchev–Trinajstić information content (AvgIpc) is 3.09. The summed E-state index contributed by atoms with van der Waals surface area (Å²) in [6, 6.07) is 5.74. The van der Waals surface area contributed by atoms with E-state index in [0.29, 0.717) is 47.8 Å². The number of ether oxygens (including phenoxy) is 3. The molecule has 1 atom stereocenters. The lowest BCUT2D eigenvalue weighted by atomic mass is 9.81. The van der Waals surface area contributed by atoms with Gasteiger partial charge in [-0.2, -0.15) is 0 Å². The minimum atomic E-state index is -0.381. The smallest absolute Gasteiger partial charge is 0.355 e. The fourth-order valence-corrected chi connectivity index (χ4v) is 4.15. The van der Waals surface area contributed by atoms with Crippen molar-refractivity contribution in [2.24, 2.45) is 0 Å². The van der Waals surface area contributed by atoms with Crippen LogP contribution in [-0.2, 0) is 11.2 Å². The molecule has 0 spiro atoms. The van der Waals surface area contributed by atoms with Crippen LogP contribution in [-0.4, -0.2) is 37.6 Å². The SMILES string of the molecule is CCCCCCOC(=O)c1[nH]c2c(c1C)C(=O)C[C@@H](c1ccc(OC)c(OC)c1)C2. The highest BCUT2D eigenvalue weighted by atomic mass is 16.5. The number of benzene rings is 1. The van der Waals surface area contributed by atoms with Gasteiger partial charge in [-0.25, -0.2) is 4.79 Å². The molecule has 1 N–H and O–H groups in total. The number of rotatable bonds is 9. The second-order valence-corrected chi connectivity index (χ2v) is 7.82. The Bertz CT molecular complexity index is 915. The summed E-state index contributed by atoms with van der Waals surface area (Å²) in [5, 5.41) is 0. The van der Waals surface area contributed by atoms with Crippen LogP contribution >= 0.6 is 0 Å². The number of aromatic nitrogens is 1. The van der Waals surface area contributed by atoms with Gasteiger partial charge in [0.1, 0.15) is 5.69 Å². The fraction of sp³-hybridized carbons (Fsp3) is 0.500. The quantitative estimate of drug-likeness (QED) is 0.463. The Kier molecular flexibility index (Phi) is 7.19. The second-order valence-electron chi connectivity index (χ2n) is 7.82. The molecule has 0 aliphatic heterocycles. The molecule has 6 heteroatoms. The van der Waals surface area contributed by atoms with Crippen molar-refractivity contribution in [3.05, 3.63) is 46.3 Å². The molecule has 1 aliphatic carbocycles. The van der Waals surface area contributed by atoms with E-state index in [1.807, 2.05) is 25.1 Å². The van der Waals surface area contributed by atoms with Crippen LogP contribution in [0.5, 0.6) is 11.5 Å². The van der Waals surface area contributed by atoms with Crippen LogP contribution in [0.15, 0.2) is 18.2 Å². The third-order valence-electron chi connectivity index (χ3n) is 5.80. The lowest BCUT2D eigenvalue weighted by molar-refractivity contribution is 0.0490. The minimum Gasteiger partial charge on any atom is -0.493 e. The van der Waals surface area contributed by atoms with Crippen molar-refractivity contribution in [2.45, 2.75) is 58.3 Å². The van der Waals surface area contributed by atoms with Crippen LogP contribution in [0.1, 0.15) is 82.6 Å². The van der Waals surface area contributed by atoms with E-state index in [9.17, 15) is 9.59 Å². The highest BCUT2D eigenvalue weighted by molar-refractivity contribution is 6.03. The van der Waals surface area contributed by atoms with Crippen molar-refractivity contribution in [3.8, 4) is 11.5 Å². The van der Waals surface area contributed by atoms with E-state index in [4.69, 9.17) is 14.2 Å². The maximum Gasteiger partial charge on any atom is 0.355 e. The second kappa shape index (κ2) is 9.83. The Balaban J connectivity index is 1.76. The van der Waals surface area contributed by atoms with Crippen LogP contribution < -0.4 is 9.47 Å². The van der Waals surface area contributed by atoms with Gasteiger partial charge in [-0.05, 0) is 48.9 Å². The van der Waals surface area contributed by atoms with E-state index in [0.717, 1.165) is 36.9 Å². The zero-order valence-electron chi connectivity index (χ0n) is 18.3. The lowest BCUT2D eigenvalue weighted by Crippen LogP contribution is -2.18. The van der Waals surface area contributed by atoms with Crippen molar-refractivity contribution in [3.63, 3.8) is 0 Å². The Morgan fingerprint density at radius 2 is 1.87 bits per heavy atom. The predicted octanol–water partition coefficient (Wildman–Crippen LogP) is 4.99. The number of carbonyl (C=O) groups is 2. The predicted molar refractivity (Wildman–Crippen MR) is 115 cm³/mol. The lowest BCUT2D eigenvalue weighted by Gasteiger charge is -2.23. The van der Waals surface area contributed by atoms with Gasteiger partial charge in [0.05, 0.1) is 20.8 Å². The first kappa shape index (κ1) is 21.9. The number of unbranched alkanes of at least 4 members (excludes halogenated alkanes) is 3. The fourth-order valence-electron chi connectivity index (χ4n) is 4.15. The van der Waals surface area contributed by atoms with E-state index in [2.05, 4.69) is 11.9 Å². The summed E-state index contributed by atoms with van der Waals surface area (Å²) in [5.41, 5.74) is 3.56. The van der Waals surface area contributed by atoms with E-state index >= 15 is 0 Å². The molecular weight excluding hydrogens is 382 g/mol. The van der Waals surface area contributed by atoms with Crippen molar-refractivity contribution in [1.82, 2.24) is 4.98 Å². The summed E-state index contributed by atoms with van der Waals surface area (Å²) in [6.45, 7) is 4.37. The van der Waals surface area contributed by atoms with Crippen molar-refractivity contribution in [2.75, 3.05) is 20.8 Å². The van der Waals surface area contributed by atoms with Gasteiger partial charge < -0.3 is 19.2 Å². The molecule has 0 amide bonds. The number of hydrogen-bond donors (Lipinski definition) is 1. The number of Topliss-reactive ketones (excluding diaryl/α,β-unsaturated/α-hetero) is 1. The molecule has 30 heavy (non-hydrogen) atoms. The molecule has 162 valence electrons. The van der Waals surface area contributed by atoms with Crippen molar-refractivity contribution >= 4 is 11.8 Å². The first-order valence-electron chi connectivity index (χ1n) is 10.6. The molecule has 1 aromatic carbocycles. The summed E-state index contributed by atoms with van der Waals surface area (Å²) in [4.78, 5) is 28.6. The monoisotopic (exact) mass is 413 g/mol. The van der Waals surface area contributed by atoms with Gasteiger partial charge in [0, 0.05) is 17.7 Å². The standard InChI is InChI=1S/C24H31NO5/c1-5-6-7-8-11-30-24(27)23-15(2)22-18(25-23)12-17(13-19(22)26)16-9-10-20(28-3)21(14-16)29-4/h9-10,14,17,25H,5-8,11-13H2,1-4H3/t17-/m0/s1. The molecule has 1 aromatic heterocycles. The van der Waals surface area contributed by atoms with Crippen LogP contribution in [0.25, 0.3) is 0 Å². The molecule has 1 aliphatic rings. The zero-order chi connectivity index (χ0) is 21.7. The maximum absolute atomic E-state index is 12.9. The number of carbonyl (C=O) groups excluding carboxylic acids is 2. The molecule has 3 rings (SSSR count). The molecular formula is C24H31NO5. The topological polar surface area (TPSA) is 77.6 Å². The molecule has 2 aromatic rings. The molecule has 1 heterocycles. The first-order valence-corrected chi connectivity index (χ1v) is 10.6. The third kappa shape index (κ3) is 4.53. The molecule has 0 unspecified atom stereocenters. The maximum atomic E-state index is 12.9. The number of methoxy groups -OCH3 is 2. The Morgan fingerprint density at radius 1 is 1.10 bits per heavy atom. The van der Waals surface area contributed by atoms with Crippen LogP contribution in [0.2, 0.25) is 0 Å². The summed E-state index contributed by atoms with van der Waals surface area (Å²) in [7, 11) is 3.19. The number of fused-ring (bicyclic) bond motifs is 1. The van der Waals surface area contributed by atoms with Crippen LogP contribution in [0.4, 0.5) is 0 Å². The van der Waals surface area contributed by atoms with Gasteiger partial charge in [0.2, 0.25) is 0 Å². The summed E-state index contributed by atoms with van der Waals surface area (Å²) in [6.07, 6.45) is 5.24. The van der Waals surface area contributed by atoms with Crippen molar-refractivity contribution in [1.29, 1.82) is 0 Å². The van der Waals surface area contributed by atoms with Gasteiger partial charge in [-0.3, -0.25) is 4.79 Å². The van der Waals surface area contributed by atoms with Gasteiger partial charge in [0.25, 0.3) is 0 Å². The highest BCUT2D eigenvalue weighted by Crippen LogP contribution is 2.38. The van der Waals surface area contributed by atoms with Gasteiger partial charge >= 0.3 is 5.97 Å². The zero-order valence-corrected chi connectivity index (χ0v) is 18.3. The van der Waals surface area contributed by atoms with E-state index in [1.54, 1.807) is 14.2 Å².